The van der Waals surface area contributed by atoms with Gasteiger partial charge >= 0.3 is 6.03 Å². The van der Waals surface area contributed by atoms with Crippen molar-refractivity contribution in [3.05, 3.63) is 22.4 Å². The fraction of sp³-hybridized carbons (Fsp3) is 0.688. The summed E-state index contributed by atoms with van der Waals surface area (Å²) in [6.45, 7) is 5.51. The Morgan fingerprint density at radius 3 is 3.05 bits per heavy atom. The zero-order valence-electron chi connectivity index (χ0n) is 13.0. The Hall–Kier alpha value is -1.11. The number of hydrogen-bond donors (Lipinski definition) is 1. The highest BCUT2D eigenvalue weighted by Gasteiger charge is 2.42. The van der Waals surface area contributed by atoms with Crippen molar-refractivity contribution < 1.29 is 14.3 Å². The third kappa shape index (κ3) is 3.62. The molecule has 0 saturated carbocycles. The molecule has 0 bridgehead atoms. The van der Waals surface area contributed by atoms with E-state index in [1.54, 1.807) is 11.3 Å². The fourth-order valence-corrected chi connectivity index (χ4v) is 3.92. The third-order valence-corrected chi connectivity index (χ3v) is 5.31. The number of amides is 2. The summed E-state index contributed by atoms with van der Waals surface area (Å²) >= 11 is 1.69. The van der Waals surface area contributed by atoms with Crippen LogP contribution in [-0.4, -0.2) is 49.6 Å². The molecule has 22 heavy (non-hydrogen) atoms. The number of nitrogens with one attached hydrogen (secondary N) is 1. The van der Waals surface area contributed by atoms with Crippen LogP contribution in [0.15, 0.2) is 16.8 Å². The van der Waals surface area contributed by atoms with Crippen LogP contribution in [0.4, 0.5) is 4.79 Å². The molecule has 3 heterocycles. The first-order valence-corrected chi connectivity index (χ1v) is 8.93. The van der Waals surface area contributed by atoms with Crippen LogP contribution in [0.2, 0.25) is 0 Å². The standard InChI is InChI=1S/C16H24N2O3S/c1-16(20-8-9-21-16)14-3-2-7-18(11-14)15(19)17-6-4-13-5-10-22-12-13/h5,10,12,14H,2-4,6-9,11H2,1H3,(H,17,19). The number of urea groups is 1. The molecule has 1 aromatic rings. The average Bonchev–Trinajstić information content (AvgIpc) is 3.20. The number of piperidine rings is 1. The molecule has 122 valence electrons. The van der Waals surface area contributed by atoms with Crippen LogP contribution >= 0.6 is 11.3 Å². The van der Waals surface area contributed by atoms with Crippen molar-refractivity contribution in [3.63, 3.8) is 0 Å². The summed E-state index contributed by atoms with van der Waals surface area (Å²) in [6.07, 6.45) is 2.94. The van der Waals surface area contributed by atoms with Crippen LogP contribution < -0.4 is 5.32 Å². The van der Waals surface area contributed by atoms with Crippen LogP contribution in [0, 0.1) is 5.92 Å². The second-order valence-electron chi connectivity index (χ2n) is 6.11. The molecule has 1 N–H and O–H groups in total. The van der Waals surface area contributed by atoms with Gasteiger partial charge in [-0.15, -0.1) is 0 Å². The van der Waals surface area contributed by atoms with E-state index in [-0.39, 0.29) is 11.9 Å². The number of thiophene rings is 1. The predicted octanol–water partition coefficient (Wildman–Crippen LogP) is 2.48. The highest BCUT2D eigenvalue weighted by atomic mass is 32.1. The molecular formula is C16H24N2O3S. The van der Waals surface area contributed by atoms with E-state index in [2.05, 4.69) is 22.1 Å². The Balaban J connectivity index is 1.47. The minimum absolute atomic E-state index is 0.0292. The molecule has 2 saturated heterocycles. The SMILES string of the molecule is CC1(C2CCCN(C(=O)NCCc3ccsc3)C2)OCCO1. The monoisotopic (exact) mass is 324 g/mol. The largest absolute Gasteiger partial charge is 0.347 e. The van der Waals surface area contributed by atoms with E-state index in [9.17, 15) is 4.79 Å². The molecule has 5 nitrogen and oxygen atoms in total. The van der Waals surface area contributed by atoms with Gasteiger partial charge in [-0.3, -0.25) is 0 Å². The molecule has 1 unspecified atom stereocenters. The first-order valence-electron chi connectivity index (χ1n) is 7.99. The summed E-state index contributed by atoms with van der Waals surface area (Å²) in [6, 6.07) is 2.13. The number of likely N-dealkylation sites (tertiary alicyclic amines) is 1. The lowest BCUT2D eigenvalue weighted by atomic mass is 9.90. The van der Waals surface area contributed by atoms with Gasteiger partial charge in [0.15, 0.2) is 5.79 Å². The van der Waals surface area contributed by atoms with Crippen molar-refractivity contribution in [2.45, 2.75) is 32.0 Å². The second-order valence-corrected chi connectivity index (χ2v) is 6.89. The smallest absolute Gasteiger partial charge is 0.317 e. The first-order chi connectivity index (χ1) is 10.7. The van der Waals surface area contributed by atoms with Gasteiger partial charge in [0.05, 0.1) is 13.2 Å². The van der Waals surface area contributed by atoms with E-state index < -0.39 is 5.79 Å². The van der Waals surface area contributed by atoms with Crippen LogP contribution in [0.1, 0.15) is 25.3 Å². The van der Waals surface area contributed by atoms with Crippen LogP contribution in [-0.2, 0) is 15.9 Å². The lowest BCUT2D eigenvalue weighted by Gasteiger charge is -2.39. The number of ether oxygens (including phenoxy) is 2. The second kappa shape index (κ2) is 6.98. The molecule has 6 heteroatoms. The quantitative estimate of drug-likeness (QED) is 0.926. The fourth-order valence-electron chi connectivity index (χ4n) is 3.22. The summed E-state index contributed by atoms with van der Waals surface area (Å²) < 4.78 is 11.5. The van der Waals surface area contributed by atoms with Crippen molar-refractivity contribution in [3.8, 4) is 0 Å². The lowest BCUT2D eigenvalue weighted by Crippen LogP contribution is -2.51. The zero-order chi connectivity index (χ0) is 15.4. The number of carbonyl (C=O) groups is 1. The van der Waals surface area contributed by atoms with Crippen molar-refractivity contribution in [1.29, 1.82) is 0 Å². The highest BCUT2D eigenvalue weighted by Crippen LogP contribution is 2.33. The van der Waals surface area contributed by atoms with Crippen molar-refractivity contribution in [1.82, 2.24) is 10.2 Å². The van der Waals surface area contributed by atoms with Gasteiger partial charge in [-0.05, 0) is 48.6 Å². The molecule has 2 aliphatic rings. The van der Waals surface area contributed by atoms with Gasteiger partial charge in [0.2, 0.25) is 0 Å². The van der Waals surface area contributed by atoms with Crippen LogP contribution in [0.25, 0.3) is 0 Å². The van der Waals surface area contributed by atoms with E-state index in [1.807, 2.05) is 11.8 Å². The van der Waals surface area contributed by atoms with Gasteiger partial charge in [-0.2, -0.15) is 11.3 Å². The van der Waals surface area contributed by atoms with Crippen molar-refractivity contribution >= 4 is 17.4 Å². The van der Waals surface area contributed by atoms with E-state index >= 15 is 0 Å². The van der Waals surface area contributed by atoms with Gasteiger partial charge in [0.1, 0.15) is 0 Å². The molecule has 0 aromatic carbocycles. The Morgan fingerprint density at radius 2 is 2.32 bits per heavy atom. The van der Waals surface area contributed by atoms with Gasteiger partial charge in [0, 0.05) is 25.6 Å². The molecule has 2 fully saturated rings. The molecule has 3 rings (SSSR count). The lowest BCUT2D eigenvalue weighted by molar-refractivity contribution is -0.189. The minimum Gasteiger partial charge on any atom is -0.347 e. The molecule has 2 amide bonds. The summed E-state index contributed by atoms with van der Waals surface area (Å²) in [5.41, 5.74) is 1.28. The van der Waals surface area contributed by atoms with E-state index in [4.69, 9.17) is 9.47 Å². The predicted molar refractivity (Wildman–Crippen MR) is 86.0 cm³/mol. The van der Waals surface area contributed by atoms with E-state index in [1.165, 1.54) is 5.56 Å². The maximum Gasteiger partial charge on any atom is 0.317 e. The van der Waals surface area contributed by atoms with Crippen LogP contribution in [0.5, 0.6) is 0 Å². The molecule has 0 aliphatic carbocycles. The van der Waals surface area contributed by atoms with E-state index in [0.29, 0.717) is 26.3 Å². The summed E-state index contributed by atoms with van der Waals surface area (Å²) in [4.78, 5) is 14.2. The van der Waals surface area contributed by atoms with Crippen molar-refractivity contribution in [2.75, 3.05) is 32.8 Å². The number of carbonyl (C=O) groups excluding carboxylic acids is 1. The van der Waals surface area contributed by atoms with Crippen LogP contribution in [0.3, 0.4) is 0 Å². The summed E-state index contributed by atoms with van der Waals surface area (Å²) in [5.74, 6) is -0.262. The normalized spacial score (nSPS) is 24.4. The number of hydrogen-bond acceptors (Lipinski definition) is 4. The first kappa shape index (κ1) is 15.8. The van der Waals surface area contributed by atoms with E-state index in [0.717, 1.165) is 25.8 Å². The molecule has 0 spiro atoms. The Kier molecular flexibility index (Phi) is 5.00. The highest BCUT2D eigenvalue weighted by molar-refractivity contribution is 7.07. The summed E-state index contributed by atoms with van der Waals surface area (Å²) in [7, 11) is 0. The number of rotatable bonds is 4. The molecule has 2 aliphatic heterocycles. The van der Waals surface area contributed by atoms with Gasteiger partial charge in [-0.1, -0.05) is 0 Å². The molecule has 0 radical (unpaired) electrons. The topological polar surface area (TPSA) is 50.8 Å². The zero-order valence-corrected chi connectivity index (χ0v) is 13.9. The van der Waals surface area contributed by atoms with Gasteiger partial charge in [0.25, 0.3) is 0 Å². The third-order valence-electron chi connectivity index (χ3n) is 4.58. The summed E-state index contributed by atoms with van der Waals surface area (Å²) in [5, 5.41) is 7.21. The van der Waals surface area contributed by atoms with Gasteiger partial charge in [-0.25, -0.2) is 4.79 Å². The molecule has 1 atom stereocenters. The van der Waals surface area contributed by atoms with Crippen molar-refractivity contribution in [2.24, 2.45) is 5.92 Å². The minimum atomic E-state index is -0.518. The molecule has 1 aromatic heterocycles. The average molecular weight is 324 g/mol. The maximum atomic E-state index is 12.3. The molecular weight excluding hydrogens is 300 g/mol. The Morgan fingerprint density at radius 1 is 1.50 bits per heavy atom. The maximum absolute atomic E-state index is 12.3. The Labute approximate surface area is 135 Å². The van der Waals surface area contributed by atoms with Gasteiger partial charge < -0.3 is 19.7 Å². The number of nitrogens with zero attached hydrogens (tertiary/aromatic N) is 1. The Bertz CT molecular complexity index is 486.